The van der Waals surface area contributed by atoms with Crippen LogP contribution in [0.25, 0.3) is 11.3 Å². The molecule has 0 spiro atoms. The number of rotatable bonds is 2. The number of aryl methyl sites for hydroxylation is 2. The van der Waals surface area contributed by atoms with Crippen molar-refractivity contribution in [2.24, 2.45) is 0 Å². The third-order valence-corrected chi connectivity index (χ3v) is 3.02. The second kappa shape index (κ2) is 5.10. The molecule has 2 nitrogen and oxygen atoms in total. The highest BCUT2D eigenvalue weighted by Crippen LogP contribution is 2.26. The first-order valence-corrected chi connectivity index (χ1v) is 6.30. The highest BCUT2D eigenvalue weighted by Gasteiger charge is 2.14. The molecule has 0 fully saturated rings. The number of halogens is 3. The van der Waals surface area contributed by atoms with Gasteiger partial charge in [0.25, 0.3) is 0 Å². The highest BCUT2D eigenvalue weighted by atomic mass is 79.9. The molecule has 1 aromatic carbocycles. The summed E-state index contributed by atoms with van der Waals surface area (Å²) >= 11 is 3.24. The van der Waals surface area contributed by atoms with E-state index < -0.39 is 11.6 Å². The van der Waals surface area contributed by atoms with Crippen LogP contribution in [0, 0.1) is 18.6 Å². The van der Waals surface area contributed by atoms with Crippen molar-refractivity contribution in [2.45, 2.75) is 20.3 Å². The maximum Gasteiger partial charge on any atom is 0.168 e. The van der Waals surface area contributed by atoms with Gasteiger partial charge < -0.3 is 0 Å². The van der Waals surface area contributed by atoms with E-state index in [0.29, 0.717) is 22.5 Å². The van der Waals surface area contributed by atoms with E-state index in [2.05, 4.69) is 25.9 Å². The molecule has 0 atom stereocenters. The molecule has 0 amide bonds. The van der Waals surface area contributed by atoms with Crippen LogP contribution in [0.5, 0.6) is 0 Å². The normalized spacial score (nSPS) is 10.7. The molecule has 2 aromatic rings. The van der Waals surface area contributed by atoms with Crippen molar-refractivity contribution in [3.8, 4) is 11.3 Å². The molecule has 0 unspecified atom stereocenters. The minimum atomic E-state index is -0.873. The van der Waals surface area contributed by atoms with Gasteiger partial charge >= 0.3 is 0 Å². The predicted octanol–water partition coefficient (Wildman–Crippen LogP) is 4.06. The molecule has 0 aliphatic rings. The molecule has 2 rings (SSSR count). The first-order chi connectivity index (χ1) is 8.52. The van der Waals surface area contributed by atoms with Gasteiger partial charge in [-0.25, -0.2) is 18.7 Å². The summed E-state index contributed by atoms with van der Waals surface area (Å²) < 4.78 is 28.0. The molecule has 5 heteroatoms. The molecule has 1 aromatic heterocycles. The molecular formula is C13H11BrF2N2. The fourth-order valence-corrected chi connectivity index (χ4v) is 2.03. The first-order valence-electron chi connectivity index (χ1n) is 5.51. The van der Waals surface area contributed by atoms with Gasteiger partial charge in [0.1, 0.15) is 10.4 Å². The van der Waals surface area contributed by atoms with Gasteiger partial charge in [-0.1, -0.05) is 13.0 Å². The maximum absolute atomic E-state index is 13.9. The van der Waals surface area contributed by atoms with E-state index in [4.69, 9.17) is 0 Å². The average molecular weight is 313 g/mol. The van der Waals surface area contributed by atoms with E-state index >= 15 is 0 Å². The zero-order valence-electron chi connectivity index (χ0n) is 9.97. The average Bonchev–Trinajstić information content (AvgIpc) is 2.35. The molecular weight excluding hydrogens is 302 g/mol. The molecule has 18 heavy (non-hydrogen) atoms. The molecule has 0 aliphatic carbocycles. The van der Waals surface area contributed by atoms with Crippen LogP contribution >= 0.6 is 15.9 Å². The fraction of sp³-hybridized carbons (Fsp3) is 0.231. The lowest BCUT2D eigenvalue weighted by Crippen LogP contribution is -1.99. The summed E-state index contributed by atoms with van der Waals surface area (Å²) in [6.07, 6.45) is 0.627. The topological polar surface area (TPSA) is 25.8 Å². The van der Waals surface area contributed by atoms with Crippen molar-refractivity contribution >= 4 is 15.9 Å². The minimum absolute atomic E-state index is 0.149. The van der Waals surface area contributed by atoms with Crippen LogP contribution in [-0.4, -0.2) is 9.97 Å². The van der Waals surface area contributed by atoms with Gasteiger partial charge in [-0.2, -0.15) is 0 Å². The third-order valence-electron chi connectivity index (χ3n) is 2.61. The number of nitrogens with zero attached hydrogens (tertiary/aromatic N) is 2. The molecule has 94 valence electrons. The largest absolute Gasteiger partial charge is 0.233 e. The smallest absolute Gasteiger partial charge is 0.168 e. The Morgan fingerprint density at radius 3 is 2.56 bits per heavy atom. The van der Waals surface area contributed by atoms with Gasteiger partial charge in [0, 0.05) is 12.0 Å². The van der Waals surface area contributed by atoms with E-state index in [1.807, 2.05) is 6.92 Å². The van der Waals surface area contributed by atoms with Gasteiger partial charge in [0.05, 0.1) is 5.69 Å². The summed E-state index contributed by atoms with van der Waals surface area (Å²) in [6.45, 7) is 3.42. The lowest BCUT2D eigenvalue weighted by Gasteiger charge is -2.07. The second-order valence-electron chi connectivity index (χ2n) is 3.90. The number of aromatic nitrogens is 2. The van der Waals surface area contributed by atoms with Crippen LogP contribution in [0.2, 0.25) is 0 Å². The zero-order chi connectivity index (χ0) is 13.3. The van der Waals surface area contributed by atoms with Crippen LogP contribution in [0.1, 0.15) is 18.3 Å². The van der Waals surface area contributed by atoms with Crippen molar-refractivity contribution in [2.75, 3.05) is 0 Å². The van der Waals surface area contributed by atoms with Gasteiger partial charge in [0.15, 0.2) is 11.6 Å². The molecule has 0 aliphatic heterocycles. The van der Waals surface area contributed by atoms with E-state index in [0.717, 1.165) is 0 Å². The highest BCUT2D eigenvalue weighted by molar-refractivity contribution is 9.10. The van der Waals surface area contributed by atoms with Crippen LogP contribution in [-0.2, 0) is 6.42 Å². The molecule has 0 N–H and O–H groups in total. The van der Waals surface area contributed by atoms with Gasteiger partial charge in [-0.3, -0.25) is 0 Å². The molecule has 0 bridgehead atoms. The van der Waals surface area contributed by atoms with E-state index in [-0.39, 0.29) is 11.1 Å². The van der Waals surface area contributed by atoms with Crippen molar-refractivity contribution in [3.63, 3.8) is 0 Å². The Morgan fingerprint density at radius 1 is 1.17 bits per heavy atom. The van der Waals surface area contributed by atoms with Gasteiger partial charge in [-0.15, -0.1) is 0 Å². The monoisotopic (exact) mass is 312 g/mol. The summed E-state index contributed by atoms with van der Waals surface area (Å²) in [5.74, 6) is -1.12. The SMILES string of the molecule is CCc1nc(Br)cc(-c2ccc(C)c(F)c2F)n1. The molecule has 0 saturated carbocycles. The summed E-state index contributed by atoms with van der Waals surface area (Å²) in [5, 5.41) is 0. The Morgan fingerprint density at radius 2 is 1.89 bits per heavy atom. The number of hydrogen-bond acceptors (Lipinski definition) is 2. The Balaban J connectivity index is 2.62. The fourth-order valence-electron chi connectivity index (χ4n) is 1.60. The second-order valence-corrected chi connectivity index (χ2v) is 4.72. The van der Waals surface area contributed by atoms with E-state index in [1.54, 1.807) is 6.07 Å². The summed E-state index contributed by atoms with van der Waals surface area (Å²) in [6, 6.07) is 4.64. The minimum Gasteiger partial charge on any atom is -0.233 e. The molecule has 0 saturated heterocycles. The van der Waals surface area contributed by atoms with Crippen LogP contribution in [0.3, 0.4) is 0 Å². The Bertz CT molecular complexity index is 600. The Labute approximate surface area is 112 Å². The van der Waals surface area contributed by atoms with Crippen molar-refractivity contribution in [3.05, 3.63) is 45.8 Å². The molecule has 1 heterocycles. The van der Waals surface area contributed by atoms with E-state index in [1.165, 1.54) is 19.1 Å². The standard InChI is InChI=1S/C13H11BrF2N2/c1-3-11-17-9(6-10(14)18-11)8-5-4-7(2)12(15)13(8)16/h4-6H,3H2,1-2H3. The third kappa shape index (κ3) is 2.41. The predicted molar refractivity (Wildman–Crippen MR) is 69.2 cm³/mol. The summed E-state index contributed by atoms with van der Waals surface area (Å²) in [4.78, 5) is 8.34. The first kappa shape index (κ1) is 13.1. The van der Waals surface area contributed by atoms with Crippen LogP contribution in [0.4, 0.5) is 8.78 Å². The van der Waals surface area contributed by atoms with Gasteiger partial charge in [0.2, 0.25) is 0 Å². The lowest BCUT2D eigenvalue weighted by molar-refractivity contribution is 0.505. The van der Waals surface area contributed by atoms with Gasteiger partial charge in [-0.05, 0) is 40.5 Å². The van der Waals surface area contributed by atoms with E-state index in [9.17, 15) is 8.78 Å². The van der Waals surface area contributed by atoms with Crippen molar-refractivity contribution in [1.29, 1.82) is 0 Å². The number of benzene rings is 1. The summed E-state index contributed by atoms with van der Waals surface area (Å²) in [7, 11) is 0. The van der Waals surface area contributed by atoms with Crippen LogP contribution < -0.4 is 0 Å². The van der Waals surface area contributed by atoms with Crippen molar-refractivity contribution in [1.82, 2.24) is 9.97 Å². The van der Waals surface area contributed by atoms with Crippen molar-refractivity contribution < 1.29 is 8.78 Å². The zero-order valence-corrected chi connectivity index (χ0v) is 11.6. The summed E-state index contributed by atoms with van der Waals surface area (Å²) in [5.41, 5.74) is 0.807. The lowest BCUT2D eigenvalue weighted by atomic mass is 10.1. The Kier molecular flexibility index (Phi) is 3.71. The van der Waals surface area contributed by atoms with Crippen LogP contribution in [0.15, 0.2) is 22.8 Å². The molecule has 0 radical (unpaired) electrons. The maximum atomic E-state index is 13.9. The number of hydrogen-bond donors (Lipinski definition) is 0. The Hall–Kier alpha value is -1.36. The quantitative estimate of drug-likeness (QED) is 0.782.